The lowest BCUT2D eigenvalue weighted by atomic mass is 9.86. The molecule has 0 aromatic heterocycles. The van der Waals surface area contributed by atoms with Crippen LogP contribution in [0.2, 0.25) is 0 Å². The van der Waals surface area contributed by atoms with Crippen molar-refractivity contribution in [2.75, 3.05) is 39.4 Å². The number of hydrogen-bond donors (Lipinski definition) is 1. The summed E-state index contributed by atoms with van der Waals surface area (Å²) in [6, 6.07) is 0.867. The highest BCUT2D eigenvalue weighted by Gasteiger charge is 2.40. The van der Waals surface area contributed by atoms with Gasteiger partial charge in [0.15, 0.2) is 0 Å². The maximum Gasteiger partial charge on any atom is 0.0547 e. The van der Waals surface area contributed by atoms with Gasteiger partial charge in [-0.05, 0) is 38.1 Å². The average Bonchev–Trinajstić information content (AvgIpc) is 3.11. The topological polar surface area (TPSA) is 24.5 Å². The molecule has 0 bridgehead atoms. The van der Waals surface area contributed by atoms with Gasteiger partial charge in [0, 0.05) is 37.7 Å². The average molecular weight is 268 g/mol. The Labute approximate surface area is 119 Å². The minimum Gasteiger partial charge on any atom is -0.381 e. The first-order valence-corrected chi connectivity index (χ1v) is 8.18. The second-order valence-electron chi connectivity index (χ2n) is 7.03. The number of nitrogens with one attached hydrogen (secondary N) is 1. The second-order valence-corrected chi connectivity index (χ2v) is 7.03. The van der Waals surface area contributed by atoms with Gasteiger partial charge >= 0.3 is 0 Å². The Kier molecular flexibility index (Phi) is 5.67. The highest BCUT2D eigenvalue weighted by Crippen LogP contribution is 2.35. The standard InChI is InChI=1S/C16H32N2O/c1-4-8-17-11-16(7-9-19-13-16)12-18(10-14(2)3)15-5-6-15/h14-15,17H,4-13H2,1-3H3. The van der Waals surface area contributed by atoms with Gasteiger partial charge in [-0.1, -0.05) is 20.8 Å². The molecule has 0 amide bonds. The molecule has 2 rings (SSSR count). The molecule has 1 atom stereocenters. The van der Waals surface area contributed by atoms with E-state index in [0.29, 0.717) is 5.41 Å². The summed E-state index contributed by atoms with van der Waals surface area (Å²) in [4.78, 5) is 2.74. The maximum atomic E-state index is 5.73. The fraction of sp³-hybridized carbons (Fsp3) is 1.00. The van der Waals surface area contributed by atoms with Crippen LogP contribution in [0.1, 0.15) is 46.5 Å². The minimum absolute atomic E-state index is 0.368. The quantitative estimate of drug-likeness (QED) is 0.650. The predicted octanol–water partition coefficient (Wildman–Crippen LogP) is 2.51. The molecule has 2 fully saturated rings. The molecule has 3 nitrogen and oxygen atoms in total. The van der Waals surface area contributed by atoms with Gasteiger partial charge < -0.3 is 10.1 Å². The molecule has 112 valence electrons. The zero-order chi connectivity index (χ0) is 13.7. The van der Waals surface area contributed by atoms with Crippen LogP contribution in [-0.4, -0.2) is 50.3 Å². The van der Waals surface area contributed by atoms with Crippen LogP contribution in [-0.2, 0) is 4.74 Å². The zero-order valence-electron chi connectivity index (χ0n) is 13.1. The van der Waals surface area contributed by atoms with Gasteiger partial charge in [-0.15, -0.1) is 0 Å². The Morgan fingerprint density at radius 3 is 2.68 bits per heavy atom. The van der Waals surface area contributed by atoms with Gasteiger partial charge in [0.1, 0.15) is 0 Å². The molecule has 1 saturated carbocycles. The summed E-state index contributed by atoms with van der Waals surface area (Å²) in [5, 5.41) is 3.63. The third kappa shape index (κ3) is 4.73. The van der Waals surface area contributed by atoms with Crippen LogP contribution in [0, 0.1) is 11.3 Å². The van der Waals surface area contributed by atoms with Crippen molar-refractivity contribution in [3.8, 4) is 0 Å². The minimum atomic E-state index is 0.368. The predicted molar refractivity (Wildman–Crippen MR) is 80.5 cm³/mol. The van der Waals surface area contributed by atoms with Crippen LogP contribution >= 0.6 is 0 Å². The molecular formula is C16H32N2O. The molecule has 1 aliphatic heterocycles. The monoisotopic (exact) mass is 268 g/mol. The third-order valence-electron chi connectivity index (χ3n) is 4.31. The lowest BCUT2D eigenvalue weighted by Crippen LogP contribution is -2.46. The Balaban J connectivity index is 1.89. The van der Waals surface area contributed by atoms with Crippen molar-refractivity contribution in [1.29, 1.82) is 0 Å². The van der Waals surface area contributed by atoms with Crippen molar-refractivity contribution in [2.45, 2.75) is 52.5 Å². The molecule has 0 spiro atoms. The first-order chi connectivity index (χ1) is 9.15. The van der Waals surface area contributed by atoms with E-state index in [1.54, 1.807) is 0 Å². The second kappa shape index (κ2) is 7.05. The molecule has 19 heavy (non-hydrogen) atoms. The summed E-state index contributed by atoms with van der Waals surface area (Å²) < 4.78 is 5.73. The van der Waals surface area contributed by atoms with E-state index in [2.05, 4.69) is 31.0 Å². The first-order valence-electron chi connectivity index (χ1n) is 8.18. The van der Waals surface area contributed by atoms with Crippen LogP contribution in [0.25, 0.3) is 0 Å². The molecule has 2 aliphatic rings. The summed E-state index contributed by atoms with van der Waals surface area (Å²) in [7, 11) is 0. The largest absolute Gasteiger partial charge is 0.381 e. The van der Waals surface area contributed by atoms with Crippen molar-refractivity contribution in [3.63, 3.8) is 0 Å². The summed E-state index contributed by atoms with van der Waals surface area (Å²) in [5.74, 6) is 0.767. The van der Waals surface area contributed by atoms with Crippen molar-refractivity contribution in [3.05, 3.63) is 0 Å². The SMILES string of the molecule is CCCNCC1(CN(CC(C)C)C2CC2)CCOC1. The highest BCUT2D eigenvalue weighted by molar-refractivity contribution is 4.93. The van der Waals surface area contributed by atoms with Crippen LogP contribution in [0.4, 0.5) is 0 Å². The molecular weight excluding hydrogens is 236 g/mol. The number of hydrogen-bond acceptors (Lipinski definition) is 3. The summed E-state index contributed by atoms with van der Waals surface area (Å²) in [6.07, 6.45) is 5.26. The lowest BCUT2D eigenvalue weighted by molar-refractivity contribution is 0.0980. The number of ether oxygens (including phenoxy) is 1. The van der Waals surface area contributed by atoms with Crippen LogP contribution in [0.3, 0.4) is 0 Å². The first kappa shape index (κ1) is 15.3. The molecule has 1 aliphatic carbocycles. The van der Waals surface area contributed by atoms with E-state index in [1.807, 2.05) is 0 Å². The van der Waals surface area contributed by atoms with E-state index in [-0.39, 0.29) is 0 Å². The fourth-order valence-corrected chi connectivity index (χ4v) is 3.18. The molecule has 0 radical (unpaired) electrons. The molecule has 1 unspecified atom stereocenters. The van der Waals surface area contributed by atoms with Crippen molar-refractivity contribution in [2.24, 2.45) is 11.3 Å². The van der Waals surface area contributed by atoms with E-state index in [0.717, 1.165) is 38.3 Å². The lowest BCUT2D eigenvalue weighted by Gasteiger charge is -2.35. The van der Waals surface area contributed by atoms with E-state index in [4.69, 9.17) is 4.74 Å². The summed E-state index contributed by atoms with van der Waals surface area (Å²) in [6.45, 7) is 13.6. The van der Waals surface area contributed by atoms with Gasteiger partial charge in [-0.3, -0.25) is 4.90 Å². The number of nitrogens with zero attached hydrogens (tertiary/aromatic N) is 1. The van der Waals surface area contributed by atoms with Gasteiger partial charge in [-0.25, -0.2) is 0 Å². The van der Waals surface area contributed by atoms with Gasteiger partial charge in [0.05, 0.1) is 6.61 Å². The molecule has 1 heterocycles. The normalized spacial score (nSPS) is 27.6. The third-order valence-corrected chi connectivity index (χ3v) is 4.31. The Morgan fingerprint density at radius 2 is 2.16 bits per heavy atom. The Hall–Kier alpha value is -0.120. The highest BCUT2D eigenvalue weighted by atomic mass is 16.5. The van der Waals surface area contributed by atoms with Crippen molar-refractivity contribution < 1.29 is 4.74 Å². The van der Waals surface area contributed by atoms with Gasteiger partial charge in [-0.2, -0.15) is 0 Å². The van der Waals surface area contributed by atoms with Crippen LogP contribution in [0.15, 0.2) is 0 Å². The van der Waals surface area contributed by atoms with Crippen LogP contribution < -0.4 is 5.32 Å². The van der Waals surface area contributed by atoms with E-state index in [9.17, 15) is 0 Å². The summed E-state index contributed by atoms with van der Waals surface area (Å²) >= 11 is 0. The van der Waals surface area contributed by atoms with Crippen LogP contribution in [0.5, 0.6) is 0 Å². The van der Waals surface area contributed by atoms with Crippen molar-refractivity contribution >= 4 is 0 Å². The fourth-order valence-electron chi connectivity index (χ4n) is 3.18. The zero-order valence-corrected chi connectivity index (χ0v) is 13.1. The number of rotatable bonds is 9. The molecule has 3 heteroatoms. The molecule has 1 saturated heterocycles. The van der Waals surface area contributed by atoms with E-state index in [1.165, 1.54) is 38.8 Å². The summed E-state index contributed by atoms with van der Waals surface area (Å²) in [5.41, 5.74) is 0.368. The van der Waals surface area contributed by atoms with Crippen molar-refractivity contribution in [1.82, 2.24) is 10.2 Å². The van der Waals surface area contributed by atoms with E-state index >= 15 is 0 Å². The molecule has 0 aromatic rings. The molecule has 0 aromatic carbocycles. The van der Waals surface area contributed by atoms with Gasteiger partial charge in [0.2, 0.25) is 0 Å². The Morgan fingerprint density at radius 1 is 1.37 bits per heavy atom. The molecule has 1 N–H and O–H groups in total. The maximum absolute atomic E-state index is 5.73. The van der Waals surface area contributed by atoms with Gasteiger partial charge in [0.25, 0.3) is 0 Å². The van der Waals surface area contributed by atoms with E-state index < -0.39 is 0 Å². The Bertz CT molecular complexity index is 257. The smallest absolute Gasteiger partial charge is 0.0547 e.